The monoisotopic (exact) mass is 451 g/mol. The van der Waals surface area contributed by atoms with E-state index < -0.39 is 0 Å². The van der Waals surface area contributed by atoms with E-state index in [9.17, 15) is 4.79 Å². The number of fused-ring (bicyclic) bond motifs is 1. The van der Waals surface area contributed by atoms with Crippen LogP contribution in [0, 0.1) is 20.8 Å². The molecule has 34 heavy (non-hydrogen) atoms. The summed E-state index contributed by atoms with van der Waals surface area (Å²) in [6.07, 6.45) is 0. The summed E-state index contributed by atoms with van der Waals surface area (Å²) in [5.41, 5.74) is 8.42. The first kappa shape index (κ1) is 22.4. The third-order valence-corrected chi connectivity index (χ3v) is 7.22. The van der Waals surface area contributed by atoms with Crippen molar-refractivity contribution < 1.29 is 4.79 Å². The van der Waals surface area contributed by atoms with Crippen LogP contribution in [0.15, 0.2) is 72.8 Å². The number of aryl methyl sites for hydroxylation is 2. The summed E-state index contributed by atoms with van der Waals surface area (Å²) < 4.78 is 2.36. The van der Waals surface area contributed by atoms with Crippen molar-refractivity contribution in [3.63, 3.8) is 0 Å². The Morgan fingerprint density at radius 3 is 2.24 bits per heavy atom. The molecule has 3 aromatic carbocycles. The van der Waals surface area contributed by atoms with E-state index in [2.05, 4.69) is 97.0 Å². The molecule has 0 aliphatic carbocycles. The second-order valence-electron chi connectivity index (χ2n) is 9.57. The average molecular weight is 452 g/mol. The van der Waals surface area contributed by atoms with Crippen LogP contribution in [0.4, 0.5) is 0 Å². The number of carbonyl (C=O) groups excluding carboxylic acids is 1. The number of hydrogen-bond acceptors (Lipinski definition) is 2. The summed E-state index contributed by atoms with van der Waals surface area (Å²) in [5.74, 6) is 0.143. The summed E-state index contributed by atoms with van der Waals surface area (Å²) in [4.78, 5) is 17.8. The van der Waals surface area contributed by atoms with E-state index in [0.29, 0.717) is 0 Å². The second-order valence-corrected chi connectivity index (χ2v) is 9.57. The maximum atomic E-state index is 13.3. The number of benzene rings is 3. The number of amides is 1. The molecule has 1 aliphatic heterocycles. The minimum atomic E-state index is 0.143. The molecule has 1 aliphatic rings. The summed E-state index contributed by atoms with van der Waals surface area (Å²) in [6, 6.07) is 25.5. The quantitative estimate of drug-likeness (QED) is 0.397. The Bertz CT molecular complexity index is 1310. The maximum absolute atomic E-state index is 13.3. The Kier molecular flexibility index (Phi) is 6.25. The van der Waals surface area contributed by atoms with Crippen LogP contribution in [0.3, 0.4) is 0 Å². The molecule has 0 unspecified atom stereocenters. The summed E-state index contributed by atoms with van der Waals surface area (Å²) in [7, 11) is 0. The van der Waals surface area contributed by atoms with E-state index in [4.69, 9.17) is 0 Å². The Balaban J connectivity index is 1.30. The zero-order valence-corrected chi connectivity index (χ0v) is 20.4. The first-order valence-corrected chi connectivity index (χ1v) is 12.2. The van der Waals surface area contributed by atoms with Crippen molar-refractivity contribution in [2.75, 3.05) is 26.2 Å². The summed E-state index contributed by atoms with van der Waals surface area (Å²) in [5, 5.41) is 1.18. The van der Waals surface area contributed by atoms with Gasteiger partial charge in [-0.05, 0) is 55.7 Å². The molecular formula is C30H33N3O. The topological polar surface area (TPSA) is 28.5 Å². The smallest absolute Gasteiger partial charge is 0.253 e. The molecule has 2 heterocycles. The maximum Gasteiger partial charge on any atom is 0.253 e. The lowest BCUT2D eigenvalue weighted by Crippen LogP contribution is -2.48. The van der Waals surface area contributed by atoms with E-state index in [1.54, 1.807) is 0 Å². The first-order valence-electron chi connectivity index (χ1n) is 12.2. The van der Waals surface area contributed by atoms with Crippen LogP contribution in [-0.4, -0.2) is 46.5 Å². The van der Waals surface area contributed by atoms with E-state index >= 15 is 0 Å². The predicted molar refractivity (Wildman–Crippen MR) is 139 cm³/mol. The summed E-state index contributed by atoms with van der Waals surface area (Å²) in [6.45, 7) is 11.6. The van der Waals surface area contributed by atoms with Crippen LogP contribution in [-0.2, 0) is 13.1 Å². The van der Waals surface area contributed by atoms with Gasteiger partial charge in [0.1, 0.15) is 0 Å². The van der Waals surface area contributed by atoms with Crippen molar-refractivity contribution >= 4 is 16.8 Å². The molecule has 0 spiro atoms. The number of rotatable bonds is 5. The standard InChI is InChI=1S/C30H33N3O/c1-22-8-7-11-26(18-22)20-31-14-16-32(17-15-31)30(34)27-12-13-29-28(19-27)23(2)24(3)33(29)21-25-9-5-4-6-10-25/h4-13,18-19H,14-17,20-21H2,1-3H3. The zero-order chi connectivity index (χ0) is 23.7. The van der Waals surface area contributed by atoms with Gasteiger partial charge >= 0.3 is 0 Å². The molecule has 1 saturated heterocycles. The lowest BCUT2D eigenvalue weighted by Gasteiger charge is -2.35. The summed E-state index contributed by atoms with van der Waals surface area (Å²) >= 11 is 0. The van der Waals surface area contributed by atoms with Gasteiger partial charge in [-0.15, -0.1) is 0 Å². The van der Waals surface area contributed by atoms with Crippen LogP contribution >= 0.6 is 0 Å². The highest BCUT2D eigenvalue weighted by Crippen LogP contribution is 2.28. The number of carbonyl (C=O) groups is 1. The third-order valence-electron chi connectivity index (χ3n) is 7.22. The molecule has 0 bridgehead atoms. The van der Waals surface area contributed by atoms with Crippen LogP contribution in [0.2, 0.25) is 0 Å². The zero-order valence-electron chi connectivity index (χ0n) is 20.4. The van der Waals surface area contributed by atoms with Crippen molar-refractivity contribution in [3.8, 4) is 0 Å². The molecular weight excluding hydrogens is 418 g/mol. The first-order chi connectivity index (χ1) is 16.5. The Morgan fingerprint density at radius 2 is 1.50 bits per heavy atom. The lowest BCUT2D eigenvalue weighted by atomic mass is 10.1. The van der Waals surface area contributed by atoms with Crippen molar-refractivity contribution in [2.24, 2.45) is 0 Å². The Labute approximate surface area is 202 Å². The third kappa shape index (κ3) is 4.51. The van der Waals surface area contributed by atoms with Crippen molar-refractivity contribution in [3.05, 3.63) is 106 Å². The normalized spacial score (nSPS) is 14.6. The van der Waals surface area contributed by atoms with E-state index in [-0.39, 0.29) is 5.91 Å². The Morgan fingerprint density at radius 1 is 0.765 bits per heavy atom. The van der Waals surface area contributed by atoms with Gasteiger partial charge in [-0.25, -0.2) is 0 Å². The molecule has 5 rings (SSSR count). The number of hydrogen-bond donors (Lipinski definition) is 0. The van der Waals surface area contributed by atoms with Gasteiger partial charge < -0.3 is 9.47 Å². The second kappa shape index (κ2) is 9.47. The largest absolute Gasteiger partial charge is 0.340 e. The van der Waals surface area contributed by atoms with Crippen LogP contribution in [0.1, 0.15) is 38.3 Å². The number of piperazine rings is 1. The fourth-order valence-electron chi connectivity index (χ4n) is 5.11. The molecule has 4 heteroatoms. The molecule has 4 aromatic rings. The highest BCUT2D eigenvalue weighted by Gasteiger charge is 2.23. The molecule has 1 aromatic heterocycles. The molecule has 4 nitrogen and oxygen atoms in total. The van der Waals surface area contributed by atoms with Gasteiger partial charge in [0.05, 0.1) is 0 Å². The molecule has 1 amide bonds. The van der Waals surface area contributed by atoms with Gasteiger partial charge in [-0.3, -0.25) is 9.69 Å². The van der Waals surface area contributed by atoms with Gasteiger partial charge in [-0.1, -0.05) is 60.2 Å². The fraction of sp³-hybridized carbons (Fsp3) is 0.300. The number of aromatic nitrogens is 1. The molecule has 174 valence electrons. The fourth-order valence-corrected chi connectivity index (χ4v) is 5.11. The lowest BCUT2D eigenvalue weighted by molar-refractivity contribution is 0.0628. The van der Waals surface area contributed by atoms with Crippen LogP contribution < -0.4 is 0 Å². The Hall–Kier alpha value is -3.37. The molecule has 0 N–H and O–H groups in total. The van der Waals surface area contributed by atoms with Crippen molar-refractivity contribution in [1.29, 1.82) is 0 Å². The number of nitrogens with zero attached hydrogens (tertiary/aromatic N) is 3. The van der Waals surface area contributed by atoms with Gasteiger partial charge in [0.2, 0.25) is 0 Å². The van der Waals surface area contributed by atoms with Gasteiger partial charge in [0, 0.05) is 61.4 Å². The van der Waals surface area contributed by atoms with Gasteiger partial charge in [0.25, 0.3) is 5.91 Å². The van der Waals surface area contributed by atoms with E-state index in [1.165, 1.54) is 38.9 Å². The van der Waals surface area contributed by atoms with E-state index in [0.717, 1.165) is 44.8 Å². The minimum Gasteiger partial charge on any atom is -0.340 e. The SMILES string of the molecule is Cc1cccc(CN2CCN(C(=O)c3ccc4c(c3)c(C)c(C)n4Cc3ccccc3)CC2)c1. The highest BCUT2D eigenvalue weighted by molar-refractivity contribution is 5.99. The molecule has 0 radical (unpaired) electrons. The van der Waals surface area contributed by atoms with Crippen molar-refractivity contribution in [2.45, 2.75) is 33.9 Å². The van der Waals surface area contributed by atoms with Gasteiger partial charge in [-0.2, -0.15) is 0 Å². The highest BCUT2D eigenvalue weighted by atomic mass is 16.2. The molecule has 0 atom stereocenters. The van der Waals surface area contributed by atoms with Crippen LogP contribution in [0.5, 0.6) is 0 Å². The van der Waals surface area contributed by atoms with Gasteiger partial charge in [0.15, 0.2) is 0 Å². The minimum absolute atomic E-state index is 0.143. The molecule has 0 saturated carbocycles. The van der Waals surface area contributed by atoms with E-state index in [1.807, 2.05) is 11.0 Å². The predicted octanol–water partition coefficient (Wildman–Crippen LogP) is 5.57. The van der Waals surface area contributed by atoms with Crippen LogP contribution in [0.25, 0.3) is 10.9 Å². The molecule has 1 fully saturated rings. The average Bonchev–Trinajstić information content (AvgIpc) is 3.09. The van der Waals surface area contributed by atoms with Crippen molar-refractivity contribution in [1.82, 2.24) is 14.4 Å².